The van der Waals surface area contributed by atoms with Crippen LogP contribution in [-0.4, -0.2) is 23.8 Å². The van der Waals surface area contributed by atoms with E-state index in [-0.39, 0.29) is 12.5 Å². The fraction of sp³-hybridized carbons (Fsp3) is 0.952. The zero-order valence-corrected chi connectivity index (χ0v) is 16.4. The summed E-state index contributed by atoms with van der Waals surface area (Å²) < 4.78 is 5.63. The Labute approximate surface area is 150 Å². The van der Waals surface area contributed by atoms with Gasteiger partial charge in [-0.1, -0.05) is 97.3 Å². The van der Waals surface area contributed by atoms with Crippen LogP contribution in [0.1, 0.15) is 117 Å². The minimum atomic E-state index is -0.745. The number of unbranched alkanes of at least 4 members (excludes halogenated alkanes) is 12. The van der Waals surface area contributed by atoms with Crippen molar-refractivity contribution in [2.24, 2.45) is 0 Å². The van der Waals surface area contributed by atoms with Crippen LogP contribution in [0, 0.1) is 0 Å². The Morgan fingerprint density at radius 2 is 1.21 bits per heavy atom. The van der Waals surface area contributed by atoms with Gasteiger partial charge >= 0.3 is 5.97 Å². The Balaban J connectivity index is 3.34. The highest BCUT2D eigenvalue weighted by atomic mass is 16.5. The van der Waals surface area contributed by atoms with Crippen LogP contribution in [0.2, 0.25) is 0 Å². The first-order chi connectivity index (χ1) is 11.7. The summed E-state index contributed by atoms with van der Waals surface area (Å²) in [5.74, 6) is -0.745. The summed E-state index contributed by atoms with van der Waals surface area (Å²) in [6.07, 6.45) is 19.4. The van der Waals surface area contributed by atoms with E-state index in [4.69, 9.17) is 9.84 Å². The van der Waals surface area contributed by atoms with E-state index in [1.54, 1.807) is 0 Å². The fourth-order valence-electron chi connectivity index (χ4n) is 3.11. The smallest absolute Gasteiger partial charge is 0.305 e. The zero-order valence-electron chi connectivity index (χ0n) is 16.4. The third-order valence-electron chi connectivity index (χ3n) is 4.59. The molecule has 0 fully saturated rings. The van der Waals surface area contributed by atoms with Gasteiger partial charge in [0.2, 0.25) is 0 Å². The van der Waals surface area contributed by atoms with E-state index in [0.717, 1.165) is 19.3 Å². The minimum absolute atomic E-state index is 0.0878. The van der Waals surface area contributed by atoms with E-state index in [1.165, 1.54) is 77.0 Å². The van der Waals surface area contributed by atoms with Gasteiger partial charge in [-0.2, -0.15) is 0 Å². The number of ether oxygens (including phenoxy) is 1. The minimum Gasteiger partial charge on any atom is -0.481 e. The standard InChI is InChI=1S/C21H42O3/c1-3-5-6-7-8-9-10-11-12-13-14-15-16-17-20(19-21(22)23)24-18-4-2/h20H,3-19H2,1-2H3,(H,22,23). The number of carbonyl (C=O) groups is 1. The highest BCUT2D eigenvalue weighted by Gasteiger charge is 2.12. The van der Waals surface area contributed by atoms with Gasteiger partial charge < -0.3 is 9.84 Å². The van der Waals surface area contributed by atoms with Crippen LogP contribution in [0.4, 0.5) is 0 Å². The monoisotopic (exact) mass is 342 g/mol. The number of rotatable bonds is 19. The summed E-state index contributed by atoms with van der Waals surface area (Å²) in [6.45, 7) is 5.00. The van der Waals surface area contributed by atoms with E-state index >= 15 is 0 Å². The van der Waals surface area contributed by atoms with E-state index in [9.17, 15) is 4.79 Å². The zero-order chi connectivity index (χ0) is 17.9. The molecule has 0 heterocycles. The second-order valence-corrected chi connectivity index (χ2v) is 7.12. The maximum atomic E-state index is 10.8. The maximum absolute atomic E-state index is 10.8. The molecular formula is C21H42O3. The Kier molecular flexibility index (Phi) is 18.3. The topological polar surface area (TPSA) is 46.5 Å². The molecule has 0 spiro atoms. The molecule has 0 aromatic carbocycles. The molecule has 3 nitrogen and oxygen atoms in total. The predicted octanol–water partition coefficient (Wildman–Crippen LogP) is 6.74. The highest BCUT2D eigenvalue weighted by molar-refractivity contribution is 5.67. The first-order valence-electron chi connectivity index (χ1n) is 10.5. The molecule has 3 heteroatoms. The molecule has 24 heavy (non-hydrogen) atoms. The second kappa shape index (κ2) is 18.8. The van der Waals surface area contributed by atoms with Crippen molar-refractivity contribution in [3.8, 4) is 0 Å². The van der Waals surface area contributed by atoms with Crippen LogP contribution >= 0.6 is 0 Å². The number of hydrogen-bond acceptors (Lipinski definition) is 2. The molecule has 0 rings (SSSR count). The fourth-order valence-corrected chi connectivity index (χ4v) is 3.11. The van der Waals surface area contributed by atoms with Gasteiger partial charge in [-0.3, -0.25) is 4.79 Å². The van der Waals surface area contributed by atoms with Gasteiger partial charge in [0.25, 0.3) is 0 Å². The lowest BCUT2D eigenvalue weighted by Gasteiger charge is -2.15. The average Bonchev–Trinajstić information content (AvgIpc) is 2.56. The molecule has 0 aromatic heterocycles. The summed E-state index contributed by atoms with van der Waals surface area (Å²) in [5, 5.41) is 8.91. The lowest BCUT2D eigenvalue weighted by atomic mass is 10.0. The highest BCUT2D eigenvalue weighted by Crippen LogP contribution is 2.15. The second-order valence-electron chi connectivity index (χ2n) is 7.12. The van der Waals surface area contributed by atoms with Crippen molar-refractivity contribution in [3.05, 3.63) is 0 Å². The lowest BCUT2D eigenvalue weighted by Crippen LogP contribution is -2.18. The SMILES string of the molecule is CCCCCCCCCCCCCCCC(CC(=O)O)OCCC. The summed E-state index contributed by atoms with van der Waals surface area (Å²) in [7, 11) is 0. The predicted molar refractivity (Wildman–Crippen MR) is 103 cm³/mol. The molecule has 0 aliphatic rings. The Bertz CT molecular complexity index is 266. The molecule has 144 valence electrons. The van der Waals surface area contributed by atoms with Crippen molar-refractivity contribution in [1.82, 2.24) is 0 Å². The summed E-state index contributed by atoms with van der Waals surface area (Å²) >= 11 is 0. The van der Waals surface area contributed by atoms with Crippen LogP contribution in [0.5, 0.6) is 0 Å². The van der Waals surface area contributed by atoms with E-state index in [2.05, 4.69) is 13.8 Å². The van der Waals surface area contributed by atoms with E-state index in [1.807, 2.05) is 0 Å². The maximum Gasteiger partial charge on any atom is 0.305 e. The van der Waals surface area contributed by atoms with Gasteiger partial charge in [0.15, 0.2) is 0 Å². The van der Waals surface area contributed by atoms with Crippen molar-refractivity contribution < 1.29 is 14.6 Å². The molecule has 0 aliphatic carbocycles. The number of carboxylic acids is 1. The molecule has 0 saturated carbocycles. The molecular weight excluding hydrogens is 300 g/mol. The lowest BCUT2D eigenvalue weighted by molar-refractivity contribution is -0.140. The van der Waals surface area contributed by atoms with Gasteiger partial charge in [0, 0.05) is 6.61 Å². The van der Waals surface area contributed by atoms with Crippen LogP contribution in [0.25, 0.3) is 0 Å². The van der Waals surface area contributed by atoms with E-state index < -0.39 is 5.97 Å². The van der Waals surface area contributed by atoms with Crippen LogP contribution in [0.3, 0.4) is 0 Å². The Morgan fingerprint density at radius 3 is 1.62 bits per heavy atom. The van der Waals surface area contributed by atoms with Crippen molar-refractivity contribution in [3.63, 3.8) is 0 Å². The van der Waals surface area contributed by atoms with Crippen molar-refractivity contribution in [2.75, 3.05) is 6.61 Å². The molecule has 1 atom stereocenters. The summed E-state index contributed by atoms with van der Waals surface area (Å²) in [4.78, 5) is 10.8. The average molecular weight is 343 g/mol. The number of carboxylic acid groups (broad SMARTS) is 1. The Hall–Kier alpha value is -0.570. The number of hydrogen-bond donors (Lipinski definition) is 1. The molecule has 0 saturated heterocycles. The first-order valence-corrected chi connectivity index (χ1v) is 10.5. The number of aliphatic carboxylic acids is 1. The van der Waals surface area contributed by atoms with Crippen LogP contribution < -0.4 is 0 Å². The van der Waals surface area contributed by atoms with Crippen LogP contribution in [0.15, 0.2) is 0 Å². The Morgan fingerprint density at radius 1 is 0.750 bits per heavy atom. The largest absolute Gasteiger partial charge is 0.481 e. The molecule has 0 radical (unpaired) electrons. The van der Waals surface area contributed by atoms with Gasteiger partial charge in [-0.25, -0.2) is 0 Å². The van der Waals surface area contributed by atoms with Crippen molar-refractivity contribution in [2.45, 2.75) is 123 Å². The molecule has 1 N–H and O–H groups in total. The molecule has 0 amide bonds. The first kappa shape index (κ1) is 23.4. The van der Waals surface area contributed by atoms with Crippen molar-refractivity contribution in [1.29, 1.82) is 0 Å². The molecule has 0 aromatic rings. The van der Waals surface area contributed by atoms with E-state index in [0.29, 0.717) is 6.61 Å². The third-order valence-corrected chi connectivity index (χ3v) is 4.59. The summed E-state index contributed by atoms with van der Waals surface area (Å²) in [6, 6.07) is 0. The van der Waals surface area contributed by atoms with Crippen molar-refractivity contribution >= 4 is 5.97 Å². The van der Waals surface area contributed by atoms with Gasteiger partial charge in [0.05, 0.1) is 12.5 Å². The normalized spacial score (nSPS) is 12.4. The summed E-state index contributed by atoms with van der Waals surface area (Å²) in [5.41, 5.74) is 0. The van der Waals surface area contributed by atoms with Gasteiger partial charge in [0.1, 0.15) is 0 Å². The molecule has 0 bridgehead atoms. The van der Waals surface area contributed by atoms with Crippen LogP contribution in [-0.2, 0) is 9.53 Å². The van der Waals surface area contributed by atoms with Gasteiger partial charge in [-0.05, 0) is 12.8 Å². The van der Waals surface area contributed by atoms with Gasteiger partial charge in [-0.15, -0.1) is 0 Å². The molecule has 1 unspecified atom stereocenters. The third kappa shape index (κ3) is 17.8. The quantitative estimate of drug-likeness (QED) is 0.264. The molecule has 0 aliphatic heterocycles.